The number of esters is 1. The predicted octanol–water partition coefficient (Wildman–Crippen LogP) is 4.63. The lowest BCUT2D eigenvalue weighted by Gasteiger charge is -2.10. The van der Waals surface area contributed by atoms with Crippen molar-refractivity contribution in [2.24, 2.45) is 0 Å². The van der Waals surface area contributed by atoms with E-state index in [1.54, 1.807) is 43.3 Å². The highest BCUT2D eigenvalue weighted by atomic mass is 16.5. The molecule has 2 N–H and O–H groups in total. The van der Waals surface area contributed by atoms with Gasteiger partial charge < -0.3 is 19.5 Å². The van der Waals surface area contributed by atoms with Gasteiger partial charge in [-0.1, -0.05) is 36.4 Å². The smallest absolute Gasteiger partial charge is 0.411 e. The molecule has 8 nitrogen and oxygen atoms in total. The number of nitrogens with one attached hydrogen (secondary N) is 2. The monoisotopic (exact) mass is 448 g/mol. The topological polar surface area (TPSA) is 103 Å². The van der Waals surface area contributed by atoms with Crippen LogP contribution in [0.5, 0.6) is 5.75 Å². The largest absolute Gasteiger partial charge is 0.489 e. The molecule has 0 unspecified atom stereocenters. The van der Waals surface area contributed by atoms with Gasteiger partial charge in [-0.05, 0) is 55.0 Å². The molecule has 0 bridgehead atoms. The molecule has 0 aromatic heterocycles. The Balaban J connectivity index is 1.45. The minimum absolute atomic E-state index is 0.192. The second kappa shape index (κ2) is 11.9. The van der Waals surface area contributed by atoms with E-state index in [-0.39, 0.29) is 12.2 Å². The molecule has 2 amide bonds. The molecule has 0 radical (unpaired) electrons. The molecule has 0 aliphatic rings. The summed E-state index contributed by atoms with van der Waals surface area (Å²) in [6.07, 6.45) is -0.626. The summed E-state index contributed by atoms with van der Waals surface area (Å²) in [7, 11) is 0. The molecular weight excluding hydrogens is 424 g/mol. The minimum Gasteiger partial charge on any atom is -0.489 e. The van der Waals surface area contributed by atoms with E-state index in [9.17, 15) is 14.4 Å². The lowest BCUT2D eigenvalue weighted by atomic mass is 10.2. The Kier molecular flexibility index (Phi) is 8.41. The van der Waals surface area contributed by atoms with Gasteiger partial charge in [0.25, 0.3) is 5.91 Å². The molecule has 0 heterocycles. The summed E-state index contributed by atoms with van der Waals surface area (Å²) in [5, 5.41) is 5.16. The van der Waals surface area contributed by atoms with Gasteiger partial charge in [0.05, 0.1) is 12.2 Å². The van der Waals surface area contributed by atoms with Gasteiger partial charge in [-0.15, -0.1) is 0 Å². The second-order valence-electron chi connectivity index (χ2n) is 6.85. The van der Waals surface area contributed by atoms with Crippen LogP contribution in [-0.4, -0.2) is 31.2 Å². The fourth-order valence-electron chi connectivity index (χ4n) is 2.80. The Bertz CT molecular complexity index is 1080. The van der Waals surface area contributed by atoms with E-state index in [4.69, 9.17) is 14.2 Å². The Morgan fingerprint density at radius 3 is 2.27 bits per heavy atom. The molecule has 170 valence electrons. The zero-order valence-corrected chi connectivity index (χ0v) is 18.1. The lowest BCUT2D eigenvalue weighted by Crippen LogP contribution is -2.21. The number of amides is 2. The maximum Gasteiger partial charge on any atom is 0.411 e. The van der Waals surface area contributed by atoms with Crippen LogP contribution in [0.4, 0.5) is 16.2 Å². The SMILES string of the molecule is CCOC(=O)Nc1cccc(C(=O)OCC(=O)Nc2ccc(OCc3ccccc3)cc2)c1. The summed E-state index contributed by atoms with van der Waals surface area (Å²) in [5.41, 5.74) is 2.17. The second-order valence-corrected chi connectivity index (χ2v) is 6.85. The maximum absolute atomic E-state index is 12.2. The first kappa shape index (κ1) is 23.3. The van der Waals surface area contributed by atoms with E-state index in [2.05, 4.69) is 10.6 Å². The zero-order chi connectivity index (χ0) is 23.5. The van der Waals surface area contributed by atoms with Crippen LogP contribution in [0, 0.1) is 0 Å². The fourth-order valence-corrected chi connectivity index (χ4v) is 2.80. The predicted molar refractivity (Wildman–Crippen MR) is 123 cm³/mol. The first-order valence-electron chi connectivity index (χ1n) is 10.3. The van der Waals surface area contributed by atoms with E-state index >= 15 is 0 Å². The summed E-state index contributed by atoms with van der Waals surface area (Å²) in [4.78, 5) is 35.9. The van der Waals surface area contributed by atoms with Crippen LogP contribution < -0.4 is 15.4 Å². The van der Waals surface area contributed by atoms with Crippen molar-refractivity contribution < 1.29 is 28.6 Å². The van der Waals surface area contributed by atoms with Crippen molar-refractivity contribution in [3.8, 4) is 5.75 Å². The average molecular weight is 448 g/mol. The third kappa shape index (κ3) is 7.70. The van der Waals surface area contributed by atoms with Crippen LogP contribution in [0.2, 0.25) is 0 Å². The van der Waals surface area contributed by atoms with E-state index in [1.807, 2.05) is 30.3 Å². The first-order valence-corrected chi connectivity index (χ1v) is 10.3. The molecule has 0 atom stereocenters. The van der Waals surface area contributed by atoms with Crippen LogP contribution >= 0.6 is 0 Å². The first-order chi connectivity index (χ1) is 16.0. The molecule has 0 saturated heterocycles. The fraction of sp³-hybridized carbons (Fsp3) is 0.160. The third-order valence-electron chi connectivity index (χ3n) is 4.34. The summed E-state index contributed by atoms with van der Waals surface area (Å²) < 4.78 is 15.6. The molecule has 0 aliphatic heterocycles. The Hall–Kier alpha value is -4.33. The highest BCUT2D eigenvalue weighted by Gasteiger charge is 2.12. The van der Waals surface area contributed by atoms with Crippen molar-refractivity contribution in [2.75, 3.05) is 23.8 Å². The lowest BCUT2D eigenvalue weighted by molar-refractivity contribution is -0.119. The maximum atomic E-state index is 12.2. The van der Waals surface area contributed by atoms with Gasteiger partial charge in [-0.25, -0.2) is 9.59 Å². The molecule has 3 aromatic carbocycles. The quantitative estimate of drug-likeness (QED) is 0.463. The summed E-state index contributed by atoms with van der Waals surface area (Å²) >= 11 is 0. The van der Waals surface area contributed by atoms with Crippen molar-refractivity contribution in [1.29, 1.82) is 0 Å². The third-order valence-corrected chi connectivity index (χ3v) is 4.34. The summed E-state index contributed by atoms with van der Waals surface area (Å²) in [6.45, 7) is 1.90. The van der Waals surface area contributed by atoms with Crippen molar-refractivity contribution in [3.63, 3.8) is 0 Å². The van der Waals surface area contributed by atoms with Crippen molar-refractivity contribution in [1.82, 2.24) is 0 Å². The molecule has 8 heteroatoms. The van der Waals surface area contributed by atoms with Crippen molar-refractivity contribution in [3.05, 3.63) is 90.0 Å². The zero-order valence-electron chi connectivity index (χ0n) is 18.1. The van der Waals surface area contributed by atoms with Crippen LogP contribution in [0.1, 0.15) is 22.8 Å². The number of ether oxygens (including phenoxy) is 3. The standard InChI is InChI=1S/C25H24N2O6/c1-2-31-25(30)27-21-10-6-9-19(15-21)24(29)33-17-23(28)26-20-11-13-22(14-12-20)32-16-18-7-4-3-5-8-18/h3-15H,2,16-17H2,1H3,(H,26,28)(H,27,30). The average Bonchev–Trinajstić information content (AvgIpc) is 2.83. The van der Waals surface area contributed by atoms with E-state index in [0.717, 1.165) is 5.56 Å². The Morgan fingerprint density at radius 2 is 1.55 bits per heavy atom. The highest BCUT2D eigenvalue weighted by Crippen LogP contribution is 2.17. The summed E-state index contributed by atoms with van der Waals surface area (Å²) in [6, 6.07) is 22.8. The Morgan fingerprint density at radius 1 is 0.788 bits per heavy atom. The van der Waals surface area contributed by atoms with Gasteiger partial charge in [0, 0.05) is 11.4 Å². The van der Waals surface area contributed by atoms with Crippen LogP contribution in [0.15, 0.2) is 78.9 Å². The van der Waals surface area contributed by atoms with Gasteiger partial charge in [-0.2, -0.15) is 0 Å². The van der Waals surface area contributed by atoms with Crippen LogP contribution in [-0.2, 0) is 20.9 Å². The Labute approximate surface area is 191 Å². The van der Waals surface area contributed by atoms with Gasteiger partial charge in [0.2, 0.25) is 0 Å². The molecular formula is C25H24N2O6. The molecule has 0 fully saturated rings. The number of carbonyl (C=O) groups is 3. The molecule has 3 aromatic rings. The van der Waals surface area contributed by atoms with Gasteiger partial charge in [0.1, 0.15) is 12.4 Å². The van der Waals surface area contributed by atoms with Gasteiger partial charge in [-0.3, -0.25) is 10.1 Å². The highest BCUT2D eigenvalue weighted by molar-refractivity contribution is 5.96. The number of hydrogen-bond donors (Lipinski definition) is 2. The van der Waals surface area contributed by atoms with Crippen LogP contribution in [0.25, 0.3) is 0 Å². The van der Waals surface area contributed by atoms with Gasteiger partial charge >= 0.3 is 12.1 Å². The van der Waals surface area contributed by atoms with Gasteiger partial charge in [0.15, 0.2) is 6.61 Å². The van der Waals surface area contributed by atoms with Crippen molar-refractivity contribution >= 4 is 29.3 Å². The van der Waals surface area contributed by atoms with Crippen molar-refractivity contribution in [2.45, 2.75) is 13.5 Å². The molecule has 33 heavy (non-hydrogen) atoms. The molecule has 0 spiro atoms. The number of carbonyl (C=O) groups excluding carboxylic acids is 3. The van der Waals surface area contributed by atoms with E-state index in [1.165, 1.54) is 12.1 Å². The van der Waals surface area contributed by atoms with E-state index in [0.29, 0.717) is 23.7 Å². The normalized spacial score (nSPS) is 10.1. The number of hydrogen-bond acceptors (Lipinski definition) is 6. The van der Waals surface area contributed by atoms with E-state index < -0.39 is 24.6 Å². The number of anilines is 2. The number of rotatable bonds is 9. The molecule has 3 rings (SSSR count). The summed E-state index contributed by atoms with van der Waals surface area (Å²) in [5.74, 6) is -0.510. The minimum atomic E-state index is -0.692. The number of benzene rings is 3. The van der Waals surface area contributed by atoms with Crippen LogP contribution in [0.3, 0.4) is 0 Å². The molecule has 0 aliphatic carbocycles. The molecule has 0 saturated carbocycles.